The van der Waals surface area contributed by atoms with Crippen molar-refractivity contribution in [1.82, 2.24) is 0 Å². The van der Waals surface area contributed by atoms with Gasteiger partial charge in [-0.15, -0.1) is 0 Å². The first-order valence-corrected chi connectivity index (χ1v) is 7.87. The van der Waals surface area contributed by atoms with Crippen LogP contribution in [0.25, 0.3) is 0 Å². The number of aliphatic imine (C=N–C) groups is 1. The topological polar surface area (TPSA) is 12.4 Å². The zero-order chi connectivity index (χ0) is 14.6. The van der Waals surface area contributed by atoms with Crippen molar-refractivity contribution >= 4 is 6.21 Å². The second-order valence-corrected chi connectivity index (χ2v) is 4.19. The van der Waals surface area contributed by atoms with E-state index in [2.05, 4.69) is 38.8 Å². The first-order chi connectivity index (χ1) is 8.72. The first-order valence-electron chi connectivity index (χ1n) is 7.87. The Balaban J connectivity index is -0.000000225. The predicted molar refractivity (Wildman–Crippen MR) is 88.5 cm³/mol. The van der Waals surface area contributed by atoms with Crippen LogP contribution in [0.3, 0.4) is 0 Å². The Morgan fingerprint density at radius 1 is 0.944 bits per heavy atom. The number of allylic oxidation sites excluding steroid dienone is 1. The Hall–Kier alpha value is -0.590. The zero-order valence-electron chi connectivity index (χ0n) is 14.0. The number of hydrogen-bond donors (Lipinski definition) is 0. The molecular weight excluding hydrogens is 218 g/mol. The third kappa shape index (κ3) is 29.5. The molecule has 0 aromatic rings. The number of hydrogen-bond acceptors (Lipinski definition) is 1. The van der Waals surface area contributed by atoms with Gasteiger partial charge in [0.1, 0.15) is 0 Å². The third-order valence-corrected chi connectivity index (χ3v) is 2.50. The van der Waals surface area contributed by atoms with Gasteiger partial charge in [-0.3, -0.25) is 4.99 Å². The Labute approximate surface area is 117 Å². The van der Waals surface area contributed by atoms with Crippen molar-refractivity contribution in [2.45, 2.75) is 87.0 Å². The number of rotatable bonds is 7. The summed E-state index contributed by atoms with van der Waals surface area (Å²) in [5, 5.41) is 0. The van der Waals surface area contributed by atoms with Crippen LogP contribution in [0.1, 0.15) is 87.0 Å². The molecule has 1 atom stereocenters. The molecule has 0 heterocycles. The maximum Gasteiger partial charge on any atom is 0.0226 e. The van der Waals surface area contributed by atoms with Crippen LogP contribution in [0.15, 0.2) is 17.3 Å². The SMILES string of the molecule is CC.CC=N/C=C\C(C)CC.CCCCCCC. The van der Waals surface area contributed by atoms with E-state index in [4.69, 9.17) is 0 Å². The van der Waals surface area contributed by atoms with Gasteiger partial charge in [0, 0.05) is 12.4 Å². The summed E-state index contributed by atoms with van der Waals surface area (Å²) >= 11 is 0. The van der Waals surface area contributed by atoms with Crippen LogP contribution in [0.2, 0.25) is 0 Å². The summed E-state index contributed by atoms with van der Waals surface area (Å²) in [5.74, 6) is 0.661. The normalized spacial score (nSPS) is 11.7. The van der Waals surface area contributed by atoms with Gasteiger partial charge in [-0.2, -0.15) is 0 Å². The lowest BCUT2D eigenvalue weighted by Crippen LogP contribution is -1.82. The Kier molecular flexibility index (Phi) is 31.7. The van der Waals surface area contributed by atoms with Gasteiger partial charge >= 0.3 is 0 Å². The molecule has 0 aliphatic rings. The van der Waals surface area contributed by atoms with Gasteiger partial charge in [0.05, 0.1) is 0 Å². The lowest BCUT2D eigenvalue weighted by atomic mass is 10.1. The first kappa shape index (κ1) is 22.6. The van der Waals surface area contributed by atoms with Crippen LogP contribution in [-0.4, -0.2) is 6.21 Å². The molecular formula is C17H37N. The fourth-order valence-electron chi connectivity index (χ4n) is 1.10. The minimum Gasteiger partial charge on any atom is -0.270 e. The summed E-state index contributed by atoms with van der Waals surface area (Å²) < 4.78 is 0. The van der Waals surface area contributed by atoms with Gasteiger partial charge in [0.25, 0.3) is 0 Å². The summed E-state index contributed by atoms with van der Waals surface area (Å²) in [5.41, 5.74) is 0. The average Bonchev–Trinajstić information content (AvgIpc) is 2.42. The molecule has 0 aliphatic heterocycles. The van der Waals surface area contributed by atoms with Crippen molar-refractivity contribution in [3.05, 3.63) is 12.3 Å². The molecule has 1 nitrogen and oxygen atoms in total. The van der Waals surface area contributed by atoms with Gasteiger partial charge < -0.3 is 0 Å². The highest BCUT2D eigenvalue weighted by molar-refractivity contribution is 5.54. The molecule has 1 heteroatoms. The van der Waals surface area contributed by atoms with Crippen molar-refractivity contribution in [3.63, 3.8) is 0 Å². The standard InChI is InChI=1S/C8H15N.C7H16.C2H6/c1-4-8(3)6-7-9-5-2;1-3-5-7-6-4-2;1-2/h5-8H,4H2,1-3H3;3-7H2,1-2H3;1-2H3/b7-6-,9-5?;;. The number of nitrogens with zero attached hydrogens (tertiary/aromatic N) is 1. The molecule has 0 radical (unpaired) electrons. The molecule has 1 unspecified atom stereocenters. The monoisotopic (exact) mass is 255 g/mol. The molecule has 0 rings (SSSR count). The van der Waals surface area contributed by atoms with E-state index in [1.807, 2.05) is 27.0 Å². The van der Waals surface area contributed by atoms with Gasteiger partial charge in [-0.25, -0.2) is 0 Å². The van der Waals surface area contributed by atoms with Crippen molar-refractivity contribution in [2.75, 3.05) is 0 Å². The van der Waals surface area contributed by atoms with Gasteiger partial charge in [-0.1, -0.05) is 86.1 Å². The lowest BCUT2D eigenvalue weighted by molar-refractivity contribution is 0.656. The van der Waals surface area contributed by atoms with E-state index in [9.17, 15) is 0 Å². The minimum atomic E-state index is 0.661. The second kappa shape index (κ2) is 25.3. The highest BCUT2D eigenvalue weighted by Crippen LogP contribution is 2.01. The summed E-state index contributed by atoms with van der Waals surface area (Å²) in [4.78, 5) is 3.95. The van der Waals surface area contributed by atoms with Gasteiger partial charge in [0.15, 0.2) is 0 Å². The highest BCUT2D eigenvalue weighted by Gasteiger charge is 1.87. The molecule has 0 aromatic carbocycles. The molecule has 0 N–H and O–H groups in total. The minimum absolute atomic E-state index is 0.661. The summed E-state index contributed by atoms with van der Waals surface area (Å²) in [6.45, 7) is 14.8. The summed E-state index contributed by atoms with van der Waals surface area (Å²) in [6.07, 6.45) is 14.0. The number of unbranched alkanes of at least 4 members (excludes halogenated alkanes) is 4. The van der Waals surface area contributed by atoms with Crippen LogP contribution < -0.4 is 0 Å². The Bertz CT molecular complexity index is 155. The lowest BCUT2D eigenvalue weighted by Gasteiger charge is -1.95. The van der Waals surface area contributed by atoms with E-state index in [1.54, 1.807) is 6.21 Å². The molecule has 0 amide bonds. The molecule has 0 aromatic heterocycles. The van der Waals surface area contributed by atoms with E-state index < -0.39 is 0 Å². The third-order valence-electron chi connectivity index (χ3n) is 2.50. The van der Waals surface area contributed by atoms with Crippen LogP contribution in [0.4, 0.5) is 0 Å². The molecule has 0 bridgehead atoms. The summed E-state index contributed by atoms with van der Waals surface area (Å²) in [6, 6.07) is 0. The van der Waals surface area contributed by atoms with Crippen molar-refractivity contribution in [2.24, 2.45) is 10.9 Å². The Morgan fingerprint density at radius 3 is 1.78 bits per heavy atom. The van der Waals surface area contributed by atoms with E-state index in [-0.39, 0.29) is 0 Å². The fourth-order valence-corrected chi connectivity index (χ4v) is 1.10. The van der Waals surface area contributed by atoms with Gasteiger partial charge in [-0.05, 0) is 12.8 Å². The molecule has 110 valence electrons. The molecule has 0 saturated carbocycles. The van der Waals surface area contributed by atoms with Crippen LogP contribution in [0.5, 0.6) is 0 Å². The van der Waals surface area contributed by atoms with Crippen molar-refractivity contribution in [3.8, 4) is 0 Å². The molecule has 0 aliphatic carbocycles. The smallest absolute Gasteiger partial charge is 0.0226 e. The predicted octanol–water partition coefficient (Wildman–Crippen LogP) is 6.64. The van der Waals surface area contributed by atoms with Crippen LogP contribution >= 0.6 is 0 Å². The zero-order valence-corrected chi connectivity index (χ0v) is 14.0. The van der Waals surface area contributed by atoms with E-state index in [0.717, 1.165) is 0 Å². The van der Waals surface area contributed by atoms with Crippen molar-refractivity contribution in [1.29, 1.82) is 0 Å². The van der Waals surface area contributed by atoms with E-state index >= 15 is 0 Å². The molecule has 0 saturated heterocycles. The van der Waals surface area contributed by atoms with Gasteiger partial charge in [0.2, 0.25) is 0 Å². The fraction of sp³-hybridized carbons (Fsp3) is 0.824. The van der Waals surface area contributed by atoms with E-state index in [1.165, 1.54) is 38.5 Å². The maximum absolute atomic E-state index is 3.95. The average molecular weight is 255 g/mol. The maximum atomic E-state index is 3.95. The van der Waals surface area contributed by atoms with Crippen LogP contribution in [-0.2, 0) is 0 Å². The largest absolute Gasteiger partial charge is 0.270 e. The quantitative estimate of drug-likeness (QED) is 0.357. The summed E-state index contributed by atoms with van der Waals surface area (Å²) in [7, 11) is 0. The Morgan fingerprint density at radius 2 is 1.44 bits per heavy atom. The second-order valence-electron chi connectivity index (χ2n) is 4.19. The highest BCUT2D eigenvalue weighted by atomic mass is 14.6. The molecule has 18 heavy (non-hydrogen) atoms. The van der Waals surface area contributed by atoms with Crippen molar-refractivity contribution < 1.29 is 0 Å². The van der Waals surface area contributed by atoms with E-state index in [0.29, 0.717) is 5.92 Å². The molecule has 0 fully saturated rings. The van der Waals surface area contributed by atoms with Crippen LogP contribution in [0, 0.1) is 5.92 Å². The molecule has 0 spiro atoms.